The SMILES string of the molecule is COc1ccc(C(=O)OCC(=O)c2cc(C)n(C)c2C)cc1S(=O)(=O)NC1CC1. The summed E-state index contributed by atoms with van der Waals surface area (Å²) in [6.45, 7) is 3.26. The van der Waals surface area contributed by atoms with E-state index in [0.717, 1.165) is 24.2 Å². The third-order valence-electron chi connectivity index (χ3n) is 5.00. The summed E-state index contributed by atoms with van der Waals surface area (Å²) in [7, 11) is -0.627. The number of aryl methyl sites for hydroxylation is 1. The second kappa shape index (κ2) is 8.00. The molecule has 29 heavy (non-hydrogen) atoms. The van der Waals surface area contributed by atoms with Crippen LogP contribution in [0.25, 0.3) is 0 Å². The number of methoxy groups -OCH3 is 1. The Morgan fingerprint density at radius 1 is 1.21 bits per heavy atom. The van der Waals surface area contributed by atoms with Crippen molar-refractivity contribution in [2.75, 3.05) is 13.7 Å². The first-order valence-corrected chi connectivity index (χ1v) is 10.7. The van der Waals surface area contributed by atoms with Crippen LogP contribution in [0.2, 0.25) is 0 Å². The molecule has 9 heteroatoms. The minimum atomic E-state index is -3.83. The Morgan fingerprint density at radius 2 is 1.90 bits per heavy atom. The minimum absolute atomic E-state index is 0.0238. The Hall–Kier alpha value is -2.65. The van der Waals surface area contributed by atoms with Gasteiger partial charge in [0.2, 0.25) is 15.8 Å². The van der Waals surface area contributed by atoms with Gasteiger partial charge in [-0.15, -0.1) is 0 Å². The van der Waals surface area contributed by atoms with E-state index in [-0.39, 0.29) is 28.0 Å². The number of hydrogen-bond acceptors (Lipinski definition) is 6. The largest absolute Gasteiger partial charge is 0.495 e. The minimum Gasteiger partial charge on any atom is -0.495 e. The Morgan fingerprint density at radius 3 is 2.45 bits per heavy atom. The second-order valence-corrected chi connectivity index (χ2v) is 8.79. The molecule has 1 heterocycles. The maximum atomic E-state index is 12.6. The third-order valence-corrected chi connectivity index (χ3v) is 6.54. The number of Topliss-reactive ketones (excluding diaryl/α,β-unsaturated/α-hetero) is 1. The number of sulfonamides is 1. The van der Waals surface area contributed by atoms with Gasteiger partial charge in [0.25, 0.3) is 0 Å². The van der Waals surface area contributed by atoms with Crippen molar-refractivity contribution in [3.8, 4) is 5.75 Å². The molecule has 156 valence electrons. The van der Waals surface area contributed by atoms with Crippen LogP contribution in [0.15, 0.2) is 29.2 Å². The third kappa shape index (κ3) is 4.51. The standard InChI is InChI=1S/C20H24N2O6S/c1-12-9-16(13(2)22(12)3)17(23)11-28-20(24)14-5-8-18(27-4)19(10-14)29(25,26)21-15-6-7-15/h5,8-10,15,21H,6-7,11H2,1-4H3. The monoisotopic (exact) mass is 420 g/mol. The van der Waals surface area contributed by atoms with Gasteiger partial charge < -0.3 is 14.0 Å². The van der Waals surface area contributed by atoms with Gasteiger partial charge in [-0.1, -0.05) is 0 Å². The van der Waals surface area contributed by atoms with Crippen LogP contribution in [-0.2, 0) is 21.8 Å². The molecule has 2 aromatic rings. The van der Waals surface area contributed by atoms with Crippen molar-refractivity contribution in [1.82, 2.24) is 9.29 Å². The molecule has 1 N–H and O–H groups in total. The van der Waals surface area contributed by atoms with Crippen molar-refractivity contribution in [3.05, 3.63) is 46.8 Å². The number of ketones is 1. The fraction of sp³-hybridized carbons (Fsp3) is 0.400. The molecule has 0 aliphatic heterocycles. The number of ether oxygens (including phenoxy) is 2. The molecule has 0 amide bonds. The molecule has 1 aliphatic rings. The number of esters is 1. The molecular formula is C20H24N2O6S. The Bertz CT molecular complexity index is 1070. The maximum absolute atomic E-state index is 12.6. The lowest BCUT2D eigenvalue weighted by Gasteiger charge is -2.12. The van der Waals surface area contributed by atoms with E-state index in [4.69, 9.17) is 9.47 Å². The summed E-state index contributed by atoms with van der Waals surface area (Å²) in [5, 5.41) is 0. The van der Waals surface area contributed by atoms with Gasteiger partial charge in [0.1, 0.15) is 10.6 Å². The van der Waals surface area contributed by atoms with Crippen LogP contribution in [0.1, 0.15) is 44.9 Å². The highest BCUT2D eigenvalue weighted by atomic mass is 32.2. The second-order valence-electron chi connectivity index (χ2n) is 7.10. The number of aromatic nitrogens is 1. The van der Waals surface area contributed by atoms with Gasteiger partial charge in [0, 0.05) is 30.0 Å². The van der Waals surface area contributed by atoms with E-state index in [2.05, 4.69) is 4.72 Å². The predicted molar refractivity (Wildman–Crippen MR) is 106 cm³/mol. The first kappa shape index (κ1) is 21.1. The van der Waals surface area contributed by atoms with E-state index in [1.165, 1.54) is 25.3 Å². The highest BCUT2D eigenvalue weighted by molar-refractivity contribution is 7.89. The van der Waals surface area contributed by atoms with E-state index in [9.17, 15) is 18.0 Å². The van der Waals surface area contributed by atoms with Crippen molar-refractivity contribution in [2.24, 2.45) is 7.05 Å². The quantitative estimate of drug-likeness (QED) is 0.518. The summed E-state index contributed by atoms with van der Waals surface area (Å²) < 4.78 is 39.8. The molecule has 1 aliphatic carbocycles. The molecule has 0 saturated heterocycles. The van der Waals surface area contributed by atoms with Crippen molar-refractivity contribution in [1.29, 1.82) is 0 Å². The Labute approximate surface area is 169 Å². The maximum Gasteiger partial charge on any atom is 0.338 e. The van der Waals surface area contributed by atoms with Gasteiger partial charge in [-0.05, 0) is 51.0 Å². The summed E-state index contributed by atoms with van der Waals surface area (Å²) in [4.78, 5) is 24.7. The van der Waals surface area contributed by atoms with Crippen molar-refractivity contribution >= 4 is 21.8 Å². The number of carbonyl (C=O) groups is 2. The smallest absolute Gasteiger partial charge is 0.338 e. The molecule has 8 nitrogen and oxygen atoms in total. The van der Waals surface area contributed by atoms with Crippen LogP contribution in [0, 0.1) is 13.8 Å². The van der Waals surface area contributed by atoms with Crippen LogP contribution < -0.4 is 9.46 Å². The lowest BCUT2D eigenvalue weighted by molar-refractivity contribution is 0.0474. The summed E-state index contributed by atoms with van der Waals surface area (Å²) in [5.74, 6) is -0.980. The van der Waals surface area contributed by atoms with Crippen molar-refractivity contribution in [2.45, 2.75) is 37.6 Å². The van der Waals surface area contributed by atoms with Crippen LogP contribution in [0.3, 0.4) is 0 Å². The van der Waals surface area contributed by atoms with Crippen LogP contribution in [0.5, 0.6) is 5.75 Å². The predicted octanol–water partition coefficient (Wildman–Crippen LogP) is 2.13. The number of rotatable bonds is 8. The lowest BCUT2D eigenvalue weighted by atomic mass is 10.1. The Kier molecular flexibility index (Phi) is 5.81. The lowest BCUT2D eigenvalue weighted by Crippen LogP contribution is -2.26. The fourth-order valence-electron chi connectivity index (χ4n) is 2.93. The molecule has 0 atom stereocenters. The molecule has 1 aromatic heterocycles. The van der Waals surface area contributed by atoms with E-state index in [0.29, 0.717) is 5.56 Å². The molecule has 1 aromatic carbocycles. The highest BCUT2D eigenvalue weighted by Gasteiger charge is 2.30. The molecule has 0 radical (unpaired) electrons. The van der Waals surface area contributed by atoms with Gasteiger partial charge in [0.15, 0.2) is 6.61 Å². The molecule has 3 rings (SSSR count). The first-order chi connectivity index (χ1) is 13.6. The molecule has 0 spiro atoms. The Balaban J connectivity index is 1.76. The molecule has 0 unspecified atom stereocenters. The zero-order valence-corrected chi connectivity index (χ0v) is 17.6. The number of carbonyl (C=O) groups excluding carboxylic acids is 2. The molecule has 1 fully saturated rings. The number of hydrogen-bond donors (Lipinski definition) is 1. The number of nitrogens with one attached hydrogen (secondary N) is 1. The zero-order valence-electron chi connectivity index (χ0n) is 16.8. The summed E-state index contributed by atoms with van der Waals surface area (Å²) in [5.41, 5.74) is 2.22. The number of nitrogens with zero attached hydrogens (tertiary/aromatic N) is 1. The molecular weight excluding hydrogens is 396 g/mol. The fourth-order valence-corrected chi connectivity index (χ4v) is 4.43. The van der Waals surface area contributed by atoms with Gasteiger partial charge in [0.05, 0.1) is 12.7 Å². The van der Waals surface area contributed by atoms with Crippen LogP contribution >= 0.6 is 0 Å². The van der Waals surface area contributed by atoms with E-state index < -0.39 is 22.6 Å². The highest BCUT2D eigenvalue weighted by Crippen LogP contribution is 2.28. The van der Waals surface area contributed by atoms with E-state index in [1.807, 2.05) is 25.5 Å². The van der Waals surface area contributed by atoms with Gasteiger partial charge in [-0.2, -0.15) is 0 Å². The van der Waals surface area contributed by atoms with E-state index in [1.54, 1.807) is 6.07 Å². The van der Waals surface area contributed by atoms with Gasteiger partial charge in [-0.3, -0.25) is 4.79 Å². The zero-order chi connectivity index (χ0) is 21.3. The average molecular weight is 420 g/mol. The summed E-state index contributed by atoms with van der Waals surface area (Å²) >= 11 is 0. The van der Waals surface area contributed by atoms with Gasteiger partial charge in [-0.25, -0.2) is 17.9 Å². The van der Waals surface area contributed by atoms with Crippen molar-refractivity contribution in [3.63, 3.8) is 0 Å². The van der Waals surface area contributed by atoms with Crippen molar-refractivity contribution < 1.29 is 27.5 Å². The molecule has 0 bridgehead atoms. The normalized spacial score (nSPS) is 13.9. The molecule has 1 saturated carbocycles. The van der Waals surface area contributed by atoms with E-state index >= 15 is 0 Å². The first-order valence-electron chi connectivity index (χ1n) is 9.17. The average Bonchev–Trinajstić information content (AvgIpc) is 3.46. The van der Waals surface area contributed by atoms with Gasteiger partial charge >= 0.3 is 5.97 Å². The topological polar surface area (TPSA) is 104 Å². The van der Waals surface area contributed by atoms with Crippen LogP contribution in [-0.4, -0.2) is 44.5 Å². The number of benzene rings is 1. The summed E-state index contributed by atoms with van der Waals surface area (Å²) in [6, 6.07) is 5.65. The summed E-state index contributed by atoms with van der Waals surface area (Å²) in [6.07, 6.45) is 1.56. The van der Waals surface area contributed by atoms with Crippen LogP contribution in [0.4, 0.5) is 0 Å².